The molecule has 134 valence electrons. The van der Waals surface area contributed by atoms with Gasteiger partial charge in [0.25, 0.3) is 0 Å². The van der Waals surface area contributed by atoms with E-state index in [1.54, 1.807) is 0 Å². The summed E-state index contributed by atoms with van der Waals surface area (Å²) in [6.45, 7) is 4.71. The number of carbonyl (C=O) groups is 1. The molecule has 2 heteroatoms. The second-order valence-corrected chi connectivity index (χ2v) is 6.62. The summed E-state index contributed by atoms with van der Waals surface area (Å²) >= 11 is 0. The lowest BCUT2D eigenvalue weighted by Crippen LogP contribution is -2.10. The molecule has 0 saturated carbocycles. The summed E-state index contributed by atoms with van der Waals surface area (Å²) in [5, 5.41) is 0. The van der Waals surface area contributed by atoms with Gasteiger partial charge in [0.1, 0.15) is 0 Å². The predicted molar refractivity (Wildman–Crippen MR) is 105 cm³/mol. The molecule has 0 aliphatic heterocycles. The van der Waals surface area contributed by atoms with Gasteiger partial charge in [0, 0.05) is 0 Å². The topological polar surface area (TPSA) is 26.3 Å². The minimum atomic E-state index is -0.206. The molecule has 0 atom stereocenters. The molecule has 2 nitrogen and oxygen atoms in total. The molecule has 0 unspecified atom stereocenters. The molecule has 0 aromatic heterocycles. The van der Waals surface area contributed by atoms with Crippen LogP contribution < -0.4 is 0 Å². The van der Waals surface area contributed by atoms with Crippen molar-refractivity contribution in [2.45, 2.75) is 58.8 Å². The van der Waals surface area contributed by atoms with Crippen LogP contribution in [0.4, 0.5) is 0 Å². The maximum absolute atomic E-state index is 12.6. The first kappa shape index (κ1) is 19.2. The molecule has 25 heavy (non-hydrogen) atoms. The van der Waals surface area contributed by atoms with Gasteiger partial charge in [0.15, 0.2) is 0 Å². The Hall–Kier alpha value is -2.09. The maximum Gasteiger partial charge on any atom is 0.339 e. The van der Waals surface area contributed by atoms with Crippen LogP contribution in [0.1, 0.15) is 67.8 Å². The van der Waals surface area contributed by atoms with Crippen LogP contribution >= 0.6 is 0 Å². The lowest BCUT2D eigenvalue weighted by atomic mass is 9.96. The number of hydrogen-bond donors (Lipinski definition) is 0. The molecule has 0 fully saturated rings. The summed E-state index contributed by atoms with van der Waals surface area (Å²) in [5.41, 5.74) is 3.65. The summed E-state index contributed by atoms with van der Waals surface area (Å²) in [6.07, 6.45) is 8.53. The Balaban J connectivity index is 1.89. The summed E-state index contributed by atoms with van der Waals surface area (Å²) in [5.74, 6) is -0.206. The first-order valence-corrected chi connectivity index (χ1v) is 9.56. The van der Waals surface area contributed by atoms with Crippen molar-refractivity contribution in [2.24, 2.45) is 0 Å². The van der Waals surface area contributed by atoms with Gasteiger partial charge in [-0.15, -0.1) is 0 Å². The summed E-state index contributed by atoms with van der Waals surface area (Å²) in [6, 6.07) is 16.0. The van der Waals surface area contributed by atoms with Gasteiger partial charge >= 0.3 is 5.97 Å². The maximum atomic E-state index is 12.6. The van der Waals surface area contributed by atoms with E-state index in [0.29, 0.717) is 12.2 Å². The Morgan fingerprint density at radius 1 is 0.840 bits per heavy atom. The fourth-order valence-corrected chi connectivity index (χ4v) is 3.09. The first-order valence-electron chi connectivity index (χ1n) is 9.56. The molecule has 0 aliphatic rings. The average molecular weight is 338 g/mol. The SMILES string of the molecule is CCCCCCCCCOC(=O)c1c(C)cccc1-c1ccccc1. The molecule has 2 aromatic rings. The summed E-state index contributed by atoms with van der Waals surface area (Å²) in [4.78, 5) is 12.6. The highest BCUT2D eigenvalue weighted by Gasteiger charge is 2.16. The number of unbranched alkanes of at least 4 members (excludes halogenated alkanes) is 6. The molecule has 2 aromatic carbocycles. The van der Waals surface area contributed by atoms with E-state index in [1.165, 1.54) is 32.1 Å². The van der Waals surface area contributed by atoms with Gasteiger partial charge in [-0.05, 0) is 30.0 Å². The van der Waals surface area contributed by atoms with Crippen LogP contribution in [-0.2, 0) is 4.74 Å². The van der Waals surface area contributed by atoms with Gasteiger partial charge in [-0.3, -0.25) is 0 Å². The Morgan fingerprint density at radius 3 is 2.24 bits per heavy atom. The van der Waals surface area contributed by atoms with E-state index < -0.39 is 0 Å². The monoisotopic (exact) mass is 338 g/mol. The largest absolute Gasteiger partial charge is 0.462 e. The van der Waals surface area contributed by atoms with Crippen LogP contribution in [0.25, 0.3) is 11.1 Å². The molecule has 0 bridgehead atoms. The van der Waals surface area contributed by atoms with Crippen molar-refractivity contribution >= 4 is 5.97 Å². The van der Waals surface area contributed by atoms with Crippen LogP contribution in [0.15, 0.2) is 48.5 Å². The van der Waals surface area contributed by atoms with Crippen molar-refractivity contribution in [1.82, 2.24) is 0 Å². The van der Waals surface area contributed by atoms with Crippen LogP contribution in [0.2, 0.25) is 0 Å². The predicted octanol–water partition coefficient (Wildman–Crippen LogP) is 6.57. The van der Waals surface area contributed by atoms with Crippen molar-refractivity contribution in [3.8, 4) is 11.1 Å². The van der Waals surface area contributed by atoms with Crippen molar-refractivity contribution in [2.75, 3.05) is 6.61 Å². The van der Waals surface area contributed by atoms with Gasteiger partial charge in [-0.25, -0.2) is 4.79 Å². The van der Waals surface area contributed by atoms with Gasteiger partial charge in [-0.2, -0.15) is 0 Å². The highest BCUT2D eigenvalue weighted by atomic mass is 16.5. The zero-order chi connectivity index (χ0) is 17.9. The lowest BCUT2D eigenvalue weighted by Gasteiger charge is -2.12. The van der Waals surface area contributed by atoms with Gasteiger partial charge in [0.2, 0.25) is 0 Å². The normalized spacial score (nSPS) is 10.6. The zero-order valence-electron chi connectivity index (χ0n) is 15.6. The number of carbonyl (C=O) groups excluding carboxylic acids is 1. The molecule has 0 radical (unpaired) electrons. The number of ether oxygens (including phenoxy) is 1. The van der Waals surface area contributed by atoms with Gasteiger partial charge < -0.3 is 4.74 Å². The van der Waals surface area contributed by atoms with E-state index in [9.17, 15) is 4.79 Å². The van der Waals surface area contributed by atoms with Crippen LogP contribution in [0, 0.1) is 6.92 Å². The van der Waals surface area contributed by atoms with Crippen molar-refractivity contribution in [1.29, 1.82) is 0 Å². The van der Waals surface area contributed by atoms with Crippen molar-refractivity contribution in [3.05, 3.63) is 59.7 Å². The average Bonchev–Trinajstić information content (AvgIpc) is 2.64. The molecule has 0 amide bonds. The number of aryl methyl sites for hydroxylation is 1. The third kappa shape index (κ3) is 6.04. The van der Waals surface area contributed by atoms with E-state index in [1.807, 2.05) is 55.5 Å². The number of benzene rings is 2. The van der Waals surface area contributed by atoms with Gasteiger partial charge in [0.05, 0.1) is 12.2 Å². The quantitative estimate of drug-likeness (QED) is 0.362. The zero-order valence-corrected chi connectivity index (χ0v) is 15.6. The van der Waals surface area contributed by atoms with Crippen LogP contribution in [-0.4, -0.2) is 12.6 Å². The lowest BCUT2D eigenvalue weighted by molar-refractivity contribution is 0.0498. The summed E-state index contributed by atoms with van der Waals surface area (Å²) in [7, 11) is 0. The highest BCUT2D eigenvalue weighted by molar-refractivity contribution is 5.98. The highest BCUT2D eigenvalue weighted by Crippen LogP contribution is 2.26. The molecular weight excluding hydrogens is 308 g/mol. The van der Waals surface area contributed by atoms with Crippen LogP contribution in [0.3, 0.4) is 0 Å². The van der Waals surface area contributed by atoms with Crippen molar-refractivity contribution in [3.63, 3.8) is 0 Å². The number of rotatable bonds is 10. The van der Waals surface area contributed by atoms with E-state index in [2.05, 4.69) is 6.92 Å². The molecule has 0 saturated heterocycles. The minimum absolute atomic E-state index is 0.206. The van der Waals surface area contributed by atoms with E-state index in [4.69, 9.17) is 4.74 Å². The Bertz CT molecular complexity index is 646. The minimum Gasteiger partial charge on any atom is -0.462 e. The Kier molecular flexibility index (Phi) is 8.24. The Morgan fingerprint density at radius 2 is 1.52 bits per heavy atom. The molecule has 0 heterocycles. The fourth-order valence-electron chi connectivity index (χ4n) is 3.09. The molecule has 0 spiro atoms. The molecule has 2 rings (SSSR count). The third-order valence-electron chi connectivity index (χ3n) is 4.54. The first-order chi connectivity index (χ1) is 12.2. The smallest absolute Gasteiger partial charge is 0.339 e. The molecule has 0 N–H and O–H groups in total. The second kappa shape index (κ2) is 10.7. The van der Waals surface area contributed by atoms with Crippen LogP contribution in [0.5, 0.6) is 0 Å². The summed E-state index contributed by atoms with van der Waals surface area (Å²) < 4.78 is 5.56. The van der Waals surface area contributed by atoms with E-state index >= 15 is 0 Å². The second-order valence-electron chi connectivity index (χ2n) is 6.62. The van der Waals surface area contributed by atoms with E-state index in [0.717, 1.165) is 29.5 Å². The molecule has 0 aliphatic carbocycles. The van der Waals surface area contributed by atoms with Gasteiger partial charge in [-0.1, -0.05) is 94.0 Å². The fraction of sp³-hybridized carbons (Fsp3) is 0.435. The third-order valence-corrected chi connectivity index (χ3v) is 4.54. The van der Waals surface area contributed by atoms with E-state index in [-0.39, 0.29) is 5.97 Å². The Labute approximate surface area is 152 Å². The molecular formula is C23H30O2. The standard InChI is InChI=1S/C23H30O2/c1-3-4-5-6-7-8-12-18-25-23(24)22-19(2)14-13-17-21(22)20-15-10-9-11-16-20/h9-11,13-17H,3-8,12,18H2,1-2H3. The number of hydrogen-bond acceptors (Lipinski definition) is 2. The number of esters is 1. The van der Waals surface area contributed by atoms with Crippen molar-refractivity contribution < 1.29 is 9.53 Å².